The standard InChI is InChI=1S/C10H14ClF2NO2/c1-2-16-9(15)7-8(10(11,12)13)14-5-3-4-6-14/h7H,2-6H2,1H3/b8-7-. The second-order valence-electron chi connectivity index (χ2n) is 3.47. The van der Waals surface area contributed by atoms with Crippen LogP contribution in [0.25, 0.3) is 0 Å². The Balaban J connectivity index is 2.82. The van der Waals surface area contributed by atoms with Crippen LogP contribution in [0.15, 0.2) is 11.8 Å². The lowest BCUT2D eigenvalue weighted by Crippen LogP contribution is -2.29. The Bertz CT molecular complexity index is 283. The Morgan fingerprint density at radius 2 is 2.06 bits per heavy atom. The number of allylic oxidation sites excluding steroid dienone is 1. The van der Waals surface area contributed by atoms with E-state index < -0.39 is 17.0 Å². The average Bonchev–Trinajstić information content (AvgIpc) is 2.65. The van der Waals surface area contributed by atoms with Crippen LogP contribution in [-0.2, 0) is 9.53 Å². The Labute approximate surface area is 98.0 Å². The molecular weight excluding hydrogens is 240 g/mol. The molecule has 0 radical (unpaired) electrons. The number of hydrogen-bond acceptors (Lipinski definition) is 3. The maximum atomic E-state index is 13.1. The number of nitrogens with zero attached hydrogens (tertiary/aromatic N) is 1. The Morgan fingerprint density at radius 3 is 2.50 bits per heavy atom. The first-order chi connectivity index (χ1) is 7.45. The highest BCUT2D eigenvalue weighted by molar-refractivity contribution is 6.23. The van der Waals surface area contributed by atoms with Gasteiger partial charge in [-0.3, -0.25) is 0 Å². The van der Waals surface area contributed by atoms with Crippen molar-refractivity contribution in [2.75, 3.05) is 19.7 Å². The van der Waals surface area contributed by atoms with Gasteiger partial charge in [0.05, 0.1) is 6.61 Å². The fourth-order valence-electron chi connectivity index (χ4n) is 1.61. The highest BCUT2D eigenvalue weighted by Crippen LogP contribution is 2.33. The number of hydrogen-bond donors (Lipinski definition) is 0. The van der Waals surface area contributed by atoms with Crippen LogP contribution in [0.5, 0.6) is 0 Å². The van der Waals surface area contributed by atoms with Gasteiger partial charge in [-0.25, -0.2) is 4.79 Å². The van der Waals surface area contributed by atoms with Gasteiger partial charge in [0.2, 0.25) is 0 Å². The monoisotopic (exact) mass is 253 g/mol. The van der Waals surface area contributed by atoms with Crippen molar-refractivity contribution in [2.45, 2.75) is 25.1 Å². The first-order valence-electron chi connectivity index (χ1n) is 5.15. The van der Waals surface area contributed by atoms with Gasteiger partial charge in [-0.2, -0.15) is 8.78 Å². The van der Waals surface area contributed by atoms with E-state index in [4.69, 9.17) is 11.6 Å². The summed E-state index contributed by atoms with van der Waals surface area (Å²) in [7, 11) is 0. The van der Waals surface area contributed by atoms with E-state index in [0.717, 1.165) is 18.9 Å². The third kappa shape index (κ3) is 3.63. The lowest BCUT2D eigenvalue weighted by molar-refractivity contribution is -0.137. The molecule has 6 heteroatoms. The van der Waals surface area contributed by atoms with Crippen LogP contribution >= 0.6 is 11.6 Å². The van der Waals surface area contributed by atoms with Gasteiger partial charge in [0.1, 0.15) is 5.70 Å². The lowest BCUT2D eigenvalue weighted by Gasteiger charge is -2.24. The van der Waals surface area contributed by atoms with Gasteiger partial charge >= 0.3 is 11.4 Å². The summed E-state index contributed by atoms with van der Waals surface area (Å²) in [5.74, 6) is -0.787. The molecule has 0 amide bonds. The first-order valence-corrected chi connectivity index (χ1v) is 5.53. The molecule has 1 aliphatic heterocycles. The van der Waals surface area contributed by atoms with E-state index in [9.17, 15) is 13.6 Å². The molecule has 1 saturated heterocycles. The quantitative estimate of drug-likeness (QED) is 0.438. The average molecular weight is 254 g/mol. The van der Waals surface area contributed by atoms with E-state index in [1.165, 1.54) is 4.90 Å². The predicted molar refractivity (Wildman–Crippen MR) is 56.3 cm³/mol. The number of alkyl halides is 3. The zero-order chi connectivity index (χ0) is 12.2. The van der Waals surface area contributed by atoms with Crippen LogP contribution in [0.2, 0.25) is 0 Å². The van der Waals surface area contributed by atoms with Crippen LogP contribution in [-0.4, -0.2) is 35.9 Å². The molecular formula is C10H14ClF2NO2. The lowest BCUT2D eigenvalue weighted by atomic mass is 10.3. The second kappa shape index (κ2) is 5.48. The summed E-state index contributed by atoms with van der Waals surface area (Å²) < 4.78 is 30.8. The van der Waals surface area contributed by atoms with Crippen molar-refractivity contribution >= 4 is 17.6 Å². The van der Waals surface area contributed by atoms with E-state index in [1.54, 1.807) is 6.92 Å². The number of esters is 1. The normalized spacial score (nSPS) is 17.8. The number of rotatable bonds is 4. The molecule has 1 aliphatic rings. The molecule has 16 heavy (non-hydrogen) atoms. The summed E-state index contributed by atoms with van der Waals surface area (Å²) in [6.07, 6.45) is 2.43. The first kappa shape index (κ1) is 13.2. The molecule has 1 fully saturated rings. The van der Waals surface area contributed by atoms with E-state index in [1.807, 2.05) is 0 Å². The minimum atomic E-state index is -3.53. The van der Waals surface area contributed by atoms with Gasteiger partial charge in [0.15, 0.2) is 0 Å². The van der Waals surface area contributed by atoms with Crippen molar-refractivity contribution in [2.24, 2.45) is 0 Å². The van der Waals surface area contributed by atoms with E-state index in [2.05, 4.69) is 4.74 Å². The van der Waals surface area contributed by atoms with E-state index in [-0.39, 0.29) is 6.61 Å². The number of ether oxygens (including phenoxy) is 1. The summed E-state index contributed by atoms with van der Waals surface area (Å²) >= 11 is 4.97. The highest BCUT2D eigenvalue weighted by atomic mass is 35.5. The van der Waals surface area contributed by atoms with Gasteiger partial charge in [-0.1, -0.05) is 0 Å². The van der Waals surface area contributed by atoms with Crippen LogP contribution in [0.3, 0.4) is 0 Å². The topological polar surface area (TPSA) is 29.5 Å². The predicted octanol–water partition coefficient (Wildman–Crippen LogP) is 2.36. The highest BCUT2D eigenvalue weighted by Gasteiger charge is 2.36. The SMILES string of the molecule is CCOC(=O)/C=C(\N1CCCC1)C(F)(F)Cl. The second-order valence-corrected chi connectivity index (χ2v) is 3.95. The molecule has 0 spiro atoms. The summed E-state index contributed by atoms with van der Waals surface area (Å²) in [6.45, 7) is 2.75. The Kier molecular flexibility index (Phi) is 4.53. The molecule has 0 atom stereocenters. The van der Waals surface area contributed by atoms with Crippen LogP contribution in [0.4, 0.5) is 8.78 Å². The maximum Gasteiger partial charge on any atom is 0.362 e. The van der Waals surface area contributed by atoms with Crippen molar-refractivity contribution in [3.05, 3.63) is 11.8 Å². The maximum absolute atomic E-state index is 13.1. The van der Waals surface area contributed by atoms with Crippen LogP contribution in [0.1, 0.15) is 19.8 Å². The third-order valence-corrected chi connectivity index (χ3v) is 2.47. The van der Waals surface area contributed by atoms with Crippen molar-refractivity contribution < 1.29 is 18.3 Å². The molecule has 0 N–H and O–H groups in total. The zero-order valence-corrected chi connectivity index (χ0v) is 9.77. The summed E-state index contributed by atoms with van der Waals surface area (Å²) in [5, 5.41) is -3.53. The number of likely N-dealkylation sites (tertiary alicyclic amines) is 1. The molecule has 0 aromatic heterocycles. The Morgan fingerprint density at radius 1 is 1.50 bits per heavy atom. The molecule has 0 bridgehead atoms. The summed E-state index contributed by atoms with van der Waals surface area (Å²) in [4.78, 5) is 12.6. The molecule has 0 aromatic rings. The van der Waals surface area contributed by atoms with Crippen LogP contribution < -0.4 is 0 Å². The third-order valence-electron chi connectivity index (χ3n) is 2.28. The van der Waals surface area contributed by atoms with Gasteiger partial charge in [-0.05, 0) is 31.4 Å². The van der Waals surface area contributed by atoms with Gasteiger partial charge in [0, 0.05) is 19.2 Å². The molecule has 3 nitrogen and oxygen atoms in total. The fraction of sp³-hybridized carbons (Fsp3) is 0.700. The smallest absolute Gasteiger partial charge is 0.362 e. The van der Waals surface area contributed by atoms with Gasteiger partial charge in [-0.15, -0.1) is 0 Å². The van der Waals surface area contributed by atoms with Crippen molar-refractivity contribution in [3.8, 4) is 0 Å². The number of carbonyl (C=O) groups is 1. The van der Waals surface area contributed by atoms with Crippen molar-refractivity contribution in [1.29, 1.82) is 0 Å². The summed E-state index contributed by atoms with van der Waals surface area (Å²) in [5.41, 5.74) is -0.467. The molecule has 0 unspecified atom stereocenters. The van der Waals surface area contributed by atoms with Crippen LogP contribution in [0, 0.1) is 0 Å². The van der Waals surface area contributed by atoms with Gasteiger partial charge in [0.25, 0.3) is 0 Å². The minimum absolute atomic E-state index is 0.149. The molecule has 0 aliphatic carbocycles. The van der Waals surface area contributed by atoms with Gasteiger partial charge < -0.3 is 9.64 Å². The molecule has 0 saturated carbocycles. The van der Waals surface area contributed by atoms with Crippen molar-refractivity contribution in [3.63, 3.8) is 0 Å². The number of halogens is 3. The molecule has 0 aromatic carbocycles. The van der Waals surface area contributed by atoms with E-state index >= 15 is 0 Å². The van der Waals surface area contributed by atoms with E-state index in [0.29, 0.717) is 13.1 Å². The molecule has 92 valence electrons. The number of carbonyl (C=O) groups excluding carboxylic acids is 1. The van der Waals surface area contributed by atoms with Crippen molar-refractivity contribution in [1.82, 2.24) is 4.90 Å². The molecule has 1 heterocycles. The fourth-order valence-corrected chi connectivity index (χ4v) is 1.78. The minimum Gasteiger partial charge on any atom is -0.463 e. The molecule has 1 rings (SSSR count). The Hall–Kier alpha value is -0.840. The summed E-state index contributed by atoms with van der Waals surface area (Å²) in [6, 6.07) is 0. The largest absolute Gasteiger partial charge is 0.463 e. The zero-order valence-electron chi connectivity index (χ0n) is 9.01.